The summed E-state index contributed by atoms with van der Waals surface area (Å²) in [6.45, 7) is 6.37. The molecule has 1 atom stereocenters. The number of thiophene rings is 2. The lowest BCUT2D eigenvalue weighted by Crippen LogP contribution is -2.48. The van der Waals surface area contributed by atoms with Crippen LogP contribution in [0.25, 0.3) is 10.2 Å². The summed E-state index contributed by atoms with van der Waals surface area (Å²) in [6, 6.07) is 4.35. The van der Waals surface area contributed by atoms with Gasteiger partial charge in [-0.1, -0.05) is 13.0 Å². The molecule has 1 saturated heterocycles. The second-order valence-electron chi connectivity index (χ2n) is 7.01. The Morgan fingerprint density at radius 2 is 2.10 bits per heavy atom. The standard InChI is InChI=1S/C20H23N5O2S2/c1-3-14(15-5-4-10-28-15)23-18-16-13(2)17(29-19(16)22-11-21-18)20(27)25-8-6-24(12-26)7-9-25/h4-5,10-12,14H,3,6-9H2,1-2H3,(H,21,22,23)/t14-/m1/s1. The maximum Gasteiger partial charge on any atom is 0.264 e. The largest absolute Gasteiger partial charge is 0.362 e. The molecule has 0 saturated carbocycles. The van der Waals surface area contributed by atoms with Crippen LogP contribution in [0.15, 0.2) is 23.8 Å². The van der Waals surface area contributed by atoms with Crippen LogP contribution in [0.2, 0.25) is 0 Å². The molecular formula is C20H23N5O2S2. The number of piperazine rings is 1. The first-order valence-corrected chi connectivity index (χ1v) is 11.3. The van der Waals surface area contributed by atoms with E-state index in [2.05, 4.69) is 39.7 Å². The molecule has 3 aromatic rings. The SMILES string of the molecule is CC[C@@H](Nc1ncnc2sc(C(=O)N3CCN(C=O)CC3)c(C)c12)c1cccs1. The number of nitrogens with one attached hydrogen (secondary N) is 1. The van der Waals surface area contributed by atoms with Crippen LogP contribution in [0, 0.1) is 6.92 Å². The van der Waals surface area contributed by atoms with E-state index in [1.54, 1.807) is 22.6 Å². The minimum absolute atomic E-state index is 0.00676. The van der Waals surface area contributed by atoms with Gasteiger partial charge in [-0.2, -0.15) is 0 Å². The first-order chi connectivity index (χ1) is 14.1. The molecule has 0 aliphatic carbocycles. The summed E-state index contributed by atoms with van der Waals surface area (Å²) in [5.74, 6) is 0.779. The van der Waals surface area contributed by atoms with Gasteiger partial charge in [-0.3, -0.25) is 9.59 Å². The Bertz CT molecular complexity index is 1010. The summed E-state index contributed by atoms with van der Waals surface area (Å²) in [4.78, 5) is 39.2. The molecule has 1 aliphatic heterocycles. The Hall–Kier alpha value is -2.52. The normalized spacial score (nSPS) is 15.5. The average Bonchev–Trinajstić information content (AvgIpc) is 3.40. The minimum atomic E-state index is 0.00676. The Morgan fingerprint density at radius 3 is 2.76 bits per heavy atom. The number of fused-ring (bicyclic) bond motifs is 1. The molecule has 4 heterocycles. The third kappa shape index (κ3) is 3.84. The molecule has 152 valence electrons. The van der Waals surface area contributed by atoms with Crippen LogP contribution in [-0.4, -0.2) is 58.3 Å². The number of rotatable bonds is 6. The minimum Gasteiger partial charge on any atom is -0.362 e. The zero-order chi connectivity index (χ0) is 20.4. The topological polar surface area (TPSA) is 78.4 Å². The summed E-state index contributed by atoms with van der Waals surface area (Å²) in [6.07, 6.45) is 3.33. The Morgan fingerprint density at radius 1 is 1.31 bits per heavy atom. The van der Waals surface area contributed by atoms with Gasteiger partial charge in [0.05, 0.1) is 16.3 Å². The Kier molecular flexibility index (Phi) is 5.77. The summed E-state index contributed by atoms with van der Waals surface area (Å²) >= 11 is 3.14. The first-order valence-electron chi connectivity index (χ1n) is 9.65. The van der Waals surface area contributed by atoms with E-state index in [-0.39, 0.29) is 11.9 Å². The predicted octanol–water partition coefficient (Wildman–Crippen LogP) is 3.54. The van der Waals surface area contributed by atoms with Crippen LogP contribution in [0.5, 0.6) is 0 Å². The summed E-state index contributed by atoms with van der Waals surface area (Å²) < 4.78 is 0. The number of carbonyl (C=O) groups is 2. The quantitative estimate of drug-likeness (QED) is 0.607. The maximum atomic E-state index is 13.1. The summed E-state index contributed by atoms with van der Waals surface area (Å²) in [7, 11) is 0. The van der Waals surface area contributed by atoms with Gasteiger partial charge in [0.2, 0.25) is 6.41 Å². The van der Waals surface area contributed by atoms with Gasteiger partial charge < -0.3 is 15.1 Å². The summed E-state index contributed by atoms with van der Waals surface area (Å²) in [5, 5.41) is 6.55. The predicted molar refractivity (Wildman–Crippen MR) is 117 cm³/mol. The van der Waals surface area contributed by atoms with E-state index in [1.165, 1.54) is 16.2 Å². The van der Waals surface area contributed by atoms with Gasteiger partial charge in [0.15, 0.2) is 0 Å². The van der Waals surface area contributed by atoms with Gasteiger partial charge in [-0.05, 0) is 30.4 Å². The maximum absolute atomic E-state index is 13.1. The van der Waals surface area contributed by atoms with Gasteiger partial charge in [-0.25, -0.2) is 9.97 Å². The van der Waals surface area contributed by atoms with Crippen molar-refractivity contribution in [1.29, 1.82) is 0 Å². The van der Waals surface area contributed by atoms with Gasteiger partial charge in [0, 0.05) is 31.1 Å². The number of carbonyl (C=O) groups excluding carboxylic acids is 2. The molecule has 0 radical (unpaired) electrons. The third-order valence-electron chi connectivity index (χ3n) is 5.28. The van der Waals surface area contributed by atoms with Gasteiger partial charge >= 0.3 is 0 Å². The van der Waals surface area contributed by atoms with Crippen molar-refractivity contribution >= 4 is 51.0 Å². The number of nitrogens with zero attached hydrogens (tertiary/aromatic N) is 4. The molecule has 1 fully saturated rings. The van der Waals surface area contributed by atoms with E-state index in [9.17, 15) is 9.59 Å². The van der Waals surface area contributed by atoms with Crippen molar-refractivity contribution in [1.82, 2.24) is 19.8 Å². The van der Waals surface area contributed by atoms with E-state index in [0.717, 1.165) is 34.4 Å². The van der Waals surface area contributed by atoms with Gasteiger partial charge in [0.1, 0.15) is 17.0 Å². The monoisotopic (exact) mass is 429 g/mol. The molecular weight excluding hydrogens is 406 g/mol. The molecule has 1 aliphatic rings. The van der Waals surface area contributed by atoms with Crippen molar-refractivity contribution in [3.8, 4) is 0 Å². The fraction of sp³-hybridized carbons (Fsp3) is 0.400. The number of anilines is 1. The van der Waals surface area contributed by atoms with Crippen molar-refractivity contribution in [2.75, 3.05) is 31.5 Å². The highest BCUT2D eigenvalue weighted by Crippen LogP contribution is 2.36. The number of aromatic nitrogens is 2. The van der Waals surface area contributed by atoms with Crippen molar-refractivity contribution < 1.29 is 9.59 Å². The molecule has 0 bridgehead atoms. The van der Waals surface area contributed by atoms with Crippen molar-refractivity contribution in [3.63, 3.8) is 0 Å². The van der Waals surface area contributed by atoms with E-state index >= 15 is 0 Å². The van der Waals surface area contributed by atoms with Crippen LogP contribution in [0.1, 0.15) is 39.5 Å². The lowest BCUT2D eigenvalue weighted by molar-refractivity contribution is -0.119. The molecule has 0 aromatic carbocycles. The van der Waals surface area contributed by atoms with E-state index in [1.807, 2.05) is 11.8 Å². The smallest absolute Gasteiger partial charge is 0.264 e. The summed E-state index contributed by atoms with van der Waals surface area (Å²) in [5.41, 5.74) is 0.914. The molecule has 2 amide bonds. The number of aryl methyl sites for hydroxylation is 1. The molecule has 4 rings (SSSR count). The molecule has 7 nitrogen and oxygen atoms in total. The van der Waals surface area contributed by atoms with E-state index < -0.39 is 0 Å². The number of amides is 2. The fourth-order valence-electron chi connectivity index (χ4n) is 3.59. The van der Waals surface area contributed by atoms with Gasteiger partial charge in [-0.15, -0.1) is 22.7 Å². The molecule has 29 heavy (non-hydrogen) atoms. The zero-order valence-electron chi connectivity index (χ0n) is 16.4. The molecule has 9 heteroatoms. The molecule has 0 spiro atoms. The van der Waals surface area contributed by atoms with Crippen molar-refractivity contribution in [2.45, 2.75) is 26.3 Å². The first kappa shape index (κ1) is 19.8. The van der Waals surface area contributed by atoms with Gasteiger partial charge in [0.25, 0.3) is 5.91 Å². The van der Waals surface area contributed by atoms with Crippen LogP contribution >= 0.6 is 22.7 Å². The number of hydrogen-bond donors (Lipinski definition) is 1. The Balaban J connectivity index is 1.63. The highest BCUT2D eigenvalue weighted by atomic mass is 32.1. The average molecular weight is 430 g/mol. The zero-order valence-corrected chi connectivity index (χ0v) is 18.1. The highest BCUT2D eigenvalue weighted by Gasteiger charge is 2.26. The molecule has 1 N–H and O–H groups in total. The highest BCUT2D eigenvalue weighted by molar-refractivity contribution is 7.20. The van der Waals surface area contributed by atoms with Crippen LogP contribution in [-0.2, 0) is 4.79 Å². The number of hydrogen-bond acceptors (Lipinski definition) is 7. The lowest BCUT2D eigenvalue weighted by Gasteiger charge is -2.32. The molecule has 0 unspecified atom stereocenters. The lowest BCUT2D eigenvalue weighted by atomic mass is 10.1. The third-order valence-corrected chi connectivity index (χ3v) is 7.45. The second-order valence-corrected chi connectivity index (χ2v) is 8.99. The van der Waals surface area contributed by atoms with E-state index in [0.29, 0.717) is 31.1 Å². The van der Waals surface area contributed by atoms with Crippen molar-refractivity contribution in [2.24, 2.45) is 0 Å². The fourth-order valence-corrected chi connectivity index (χ4v) is 5.57. The van der Waals surface area contributed by atoms with Crippen LogP contribution in [0.4, 0.5) is 5.82 Å². The second kappa shape index (κ2) is 8.46. The van der Waals surface area contributed by atoms with E-state index in [4.69, 9.17) is 0 Å². The van der Waals surface area contributed by atoms with Crippen molar-refractivity contribution in [3.05, 3.63) is 39.2 Å². The Labute approximate surface area is 177 Å². The molecule has 3 aromatic heterocycles. The van der Waals surface area contributed by atoms with Crippen LogP contribution in [0.3, 0.4) is 0 Å². The van der Waals surface area contributed by atoms with Crippen LogP contribution < -0.4 is 5.32 Å².